The third-order valence-corrected chi connectivity index (χ3v) is 2.33. The number of carbonyl (C=O) groups is 1. The molecule has 0 aliphatic rings. The zero-order valence-corrected chi connectivity index (χ0v) is 10.7. The van der Waals surface area contributed by atoms with Crippen molar-refractivity contribution in [3.8, 4) is 5.75 Å². The highest BCUT2D eigenvalue weighted by Crippen LogP contribution is 2.34. The van der Waals surface area contributed by atoms with Crippen LogP contribution < -0.4 is 15.8 Å². The molecule has 0 radical (unpaired) electrons. The third-order valence-electron chi connectivity index (χ3n) is 2.33. The number of nitrogens with zero attached hydrogens (tertiary/aromatic N) is 1. The maximum absolute atomic E-state index is 11.1. The highest BCUT2D eigenvalue weighted by molar-refractivity contribution is 5.75. The van der Waals surface area contributed by atoms with Gasteiger partial charge in [0.25, 0.3) is 0 Å². The van der Waals surface area contributed by atoms with Gasteiger partial charge in [-0.15, -0.1) is 0 Å². The van der Waals surface area contributed by atoms with E-state index >= 15 is 0 Å². The average molecular weight is 267 g/mol. The van der Waals surface area contributed by atoms with Crippen LogP contribution in [-0.4, -0.2) is 24.0 Å². The molecule has 0 aromatic heterocycles. The monoisotopic (exact) mass is 267 g/mol. The molecule has 7 heteroatoms. The standard InChI is InChI=1S/C12H17N3O4/c1-2-8-19-10-5-3-4-9(12(10)15(17)18)14-7-6-11(13)16/h3-5,14H,2,6-8H2,1H3,(H2,13,16). The summed E-state index contributed by atoms with van der Waals surface area (Å²) in [7, 11) is 0. The highest BCUT2D eigenvalue weighted by atomic mass is 16.6. The molecule has 3 N–H and O–H groups in total. The molecule has 0 fully saturated rings. The Morgan fingerprint density at radius 2 is 2.26 bits per heavy atom. The number of primary amides is 1. The van der Waals surface area contributed by atoms with Crippen molar-refractivity contribution < 1.29 is 14.5 Å². The number of nitrogens with one attached hydrogen (secondary N) is 1. The van der Waals surface area contributed by atoms with Crippen LogP contribution in [0.2, 0.25) is 0 Å². The van der Waals surface area contributed by atoms with E-state index in [0.29, 0.717) is 12.3 Å². The Labute approximate surface area is 110 Å². The fraction of sp³-hybridized carbons (Fsp3) is 0.417. The van der Waals surface area contributed by atoms with E-state index in [0.717, 1.165) is 6.42 Å². The van der Waals surface area contributed by atoms with Crippen LogP contribution in [0.15, 0.2) is 18.2 Å². The van der Waals surface area contributed by atoms with Crippen molar-refractivity contribution in [3.05, 3.63) is 28.3 Å². The number of rotatable bonds is 8. The van der Waals surface area contributed by atoms with Crippen molar-refractivity contribution in [2.24, 2.45) is 5.73 Å². The lowest BCUT2D eigenvalue weighted by Gasteiger charge is -2.10. The molecule has 0 saturated carbocycles. The Balaban J connectivity index is 2.89. The van der Waals surface area contributed by atoms with Gasteiger partial charge in [-0.25, -0.2) is 0 Å². The number of carbonyl (C=O) groups excluding carboxylic acids is 1. The summed E-state index contributed by atoms with van der Waals surface area (Å²) in [4.78, 5) is 21.2. The van der Waals surface area contributed by atoms with E-state index in [1.165, 1.54) is 0 Å². The normalized spacial score (nSPS) is 9.95. The largest absolute Gasteiger partial charge is 0.487 e. The molecule has 0 atom stereocenters. The van der Waals surface area contributed by atoms with Crippen LogP contribution in [0.1, 0.15) is 19.8 Å². The molecule has 7 nitrogen and oxygen atoms in total. The number of benzene rings is 1. The molecule has 0 heterocycles. The number of ether oxygens (including phenoxy) is 1. The third kappa shape index (κ3) is 4.46. The van der Waals surface area contributed by atoms with Crippen molar-refractivity contribution in [2.75, 3.05) is 18.5 Å². The molecule has 0 unspecified atom stereocenters. The lowest BCUT2D eigenvalue weighted by molar-refractivity contribution is -0.385. The van der Waals surface area contributed by atoms with E-state index in [-0.39, 0.29) is 24.4 Å². The van der Waals surface area contributed by atoms with Gasteiger partial charge in [0.05, 0.1) is 11.5 Å². The van der Waals surface area contributed by atoms with Gasteiger partial charge in [0, 0.05) is 13.0 Å². The Bertz CT molecular complexity index is 462. The molecule has 1 rings (SSSR count). The topological polar surface area (TPSA) is 107 Å². The van der Waals surface area contributed by atoms with Crippen LogP contribution in [0, 0.1) is 10.1 Å². The first-order chi connectivity index (χ1) is 9.06. The Morgan fingerprint density at radius 3 is 2.84 bits per heavy atom. The van der Waals surface area contributed by atoms with Crippen LogP contribution in [0.3, 0.4) is 0 Å². The lowest BCUT2D eigenvalue weighted by atomic mass is 10.2. The summed E-state index contributed by atoms with van der Waals surface area (Å²) in [6.07, 6.45) is 0.869. The van der Waals surface area contributed by atoms with Gasteiger partial charge >= 0.3 is 5.69 Å². The van der Waals surface area contributed by atoms with Crippen LogP contribution in [0.4, 0.5) is 11.4 Å². The van der Waals surface area contributed by atoms with Gasteiger partial charge in [0.15, 0.2) is 5.75 Å². The SMILES string of the molecule is CCCOc1cccc(NCCC(N)=O)c1[N+](=O)[O-]. The summed E-state index contributed by atoms with van der Waals surface area (Å²) in [6.45, 7) is 2.57. The summed E-state index contributed by atoms with van der Waals surface area (Å²) in [6, 6.07) is 4.77. The molecular weight excluding hydrogens is 250 g/mol. The van der Waals surface area contributed by atoms with Crippen molar-refractivity contribution in [3.63, 3.8) is 0 Å². The fourth-order valence-corrected chi connectivity index (χ4v) is 1.50. The van der Waals surface area contributed by atoms with Gasteiger partial charge in [-0.1, -0.05) is 13.0 Å². The first-order valence-electron chi connectivity index (χ1n) is 5.98. The Kier molecular flexibility index (Phi) is 5.59. The quantitative estimate of drug-likeness (QED) is 0.550. The van der Waals surface area contributed by atoms with Crippen molar-refractivity contribution in [1.29, 1.82) is 0 Å². The van der Waals surface area contributed by atoms with Gasteiger partial charge in [0.2, 0.25) is 5.91 Å². The van der Waals surface area contributed by atoms with Gasteiger partial charge in [-0.2, -0.15) is 0 Å². The molecule has 0 aliphatic heterocycles. The first kappa shape index (κ1) is 14.7. The Morgan fingerprint density at radius 1 is 1.53 bits per heavy atom. The molecule has 0 saturated heterocycles. The van der Waals surface area contributed by atoms with Crippen LogP contribution in [0.5, 0.6) is 5.75 Å². The summed E-state index contributed by atoms with van der Waals surface area (Å²) in [5.74, 6) is -0.246. The van der Waals surface area contributed by atoms with Crippen LogP contribution in [0.25, 0.3) is 0 Å². The zero-order chi connectivity index (χ0) is 14.3. The van der Waals surface area contributed by atoms with Crippen molar-refractivity contribution in [2.45, 2.75) is 19.8 Å². The van der Waals surface area contributed by atoms with E-state index in [9.17, 15) is 14.9 Å². The second kappa shape index (κ2) is 7.20. The number of hydrogen-bond acceptors (Lipinski definition) is 5. The molecule has 1 aromatic rings. The number of anilines is 1. The molecule has 19 heavy (non-hydrogen) atoms. The average Bonchev–Trinajstić information content (AvgIpc) is 2.35. The minimum absolute atomic E-state index is 0.108. The van der Waals surface area contributed by atoms with E-state index in [4.69, 9.17) is 10.5 Å². The minimum Gasteiger partial charge on any atom is -0.487 e. The summed E-state index contributed by atoms with van der Waals surface area (Å²) in [5.41, 5.74) is 5.21. The van der Waals surface area contributed by atoms with Crippen LogP contribution in [-0.2, 0) is 4.79 Å². The number of nitro benzene ring substituents is 1. The number of nitrogens with two attached hydrogens (primary N) is 1. The van der Waals surface area contributed by atoms with Gasteiger partial charge in [0.1, 0.15) is 5.69 Å². The predicted molar refractivity (Wildman–Crippen MR) is 71.2 cm³/mol. The number of amides is 1. The lowest BCUT2D eigenvalue weighted by Crippen LogP contribution is -2.16. The summed E-state index contributed by atoms with van der Waals surface area (Å²) >= 11 is 0. The predicted octanol–water partition coefficient (Wildman–Crippen LogP) is 1.67. The smallest absolute Gasteiger partial charge is 0.333 e. The first-order valence-corrected chi connectivity index (χ1v) is 5.98. The second-order valence-electron chi connectivity index (χ2n) is 3.90. The molecule has 0 aliphatic carbocycles. The molecule has 104 valence electrons. The Hall–Kier alpha value is -2.31. The summed E-state index contributed by atoms with van der Waals surface area (Å²) in [5, 5.41) is 13.9. The number of para-hydroxylation sites is 1. The maximum atomic E-state index is 11.1. The molecule has 1 amide bonds. The zero-order valence-electron chi connectivity index (χ0n) is 10.7. The van der Waals surface area contributed by atoms with Crippen molar-refractivity contribution in [1.82, 2.24) is 0 Å². The van der Waals surface area contributed by atoms with Crippen LogP contribution >= 0.6 is 0 Å². The van der Waals surface area contributed by atoms with E-state index in [2.05, 4.69) is 5.32 Å². The molecule has 1 aromatic carbocycles. The number of hydrogen-bond donors (Lipinski definition) is 2. The van der Waals surface area contributed by atoms with Gasteiger partial charge in [-0.3, -0.25) is 14.9 Å². The van der Waals surface area contributed by atoms with Gasteiger partial charge in [-0.05, 0) is 18.6 Å². The minimum atomic E-state index is -0.502. The highest BCUT2D eigenvalue weighted by Gasteiger charge is 2.20. The molecule has 0 bridgehead atoms. The molecular formula is C12H17N3O4. The van der Waals surface area contributed by atoms with Gasteiger partial charge < -0.3 is 15.8 Å². The van der Waals surface area contributed by atoms with Crippen molar-refractivity contribution >= 4 is 17.3 Å². The maximum Gasteiger partial charge on any atom is 0.333 e. The molecule has 0 spiro atoms. The van der Waals surface area contributed by atoms with E-state index in [1.807, 2.05) is 6.92 Å². The number of nitro groups is 1. The van der Waals surface area contributed by atoms with E-state index < -0.39 is 10.8 Å². The van der Waals surface area contributed by atoms with E-state index in [1.54, 1.807) is 18.2 Å². The fourth-order valence-electron chi connectivity index (χ4n) is 1.50. The summed E-state index contributed by atoms with van der Waals surface area (Å²) < 4.78 is 5.34. The second-order valence-corrected chi connectivity index (χ2v) is 3.90.